The highest BCUT2D eigenvalue weighted by Crippen LogP contribution is 2.08. The zero-order chi connectivity index (χ0) is 14.3. The average Bonchev–Trinajstić information content (AvgIpc) is 2.37. The highest BCUT2D eigenvalue weighted by molar-refractivity contribution is 7.89. The van der Waals surface area contributed by atoms with Crippen molar-refractivity contribution in [2.24, 2.45) is 5.92 Å². The van der Waals surface area contributed by atoms with Crippen LogP contribution in [0.15, 0.2) is 30.3 Å². The van der Waals surface area contributed by atoms with Crippen molar-refractivity contribution in [3.05, 3.63) is 35.9 Å². The van der Waals surface area contributed by atoms with Crippen LogP contribution < -0.4 is 4.72 Å². The Hall–Kier alpha value is -0.910. The molecule has 1 unspecified atom stereocenters. The van der Waals surface area contributed by atoms with Crippen LogP contribution in [0.4, 0.5) is 0 Å². The summed E-state index contributed by atoms with van der Waals surface area (Å²) in [5.41, 5.74) is 1.01. The fraction of sp³-hybridized carbons (Fsp3) is 0.571. The van der Waals surface area contributed by atoms with Crippen molar-refractivity contribution in [2.75, 3.05) is 12.4 Å². The van der Waals surface area contributed by atoms with Crippen LogP contribution in [-0.4, -0.2) is 31.9 Å². The third-order valence-electron chi connectivity index (χ3n) is 3.08. The van der Waals surface area contributed by atoms with E-state index < -0.39 is 10.0 Å². The van der Waals surface area contributed by atoms with Gasteiger partial charge in [-0.1, -0.05) is 44.2 Å². The van der Waals surface area contributed by atoms with Crippen molar-refractivity contribution >= 4 is 10.0 Å². The molecule has 1 aromatic rings. The molecule has 4 nitrogen and oxygen atoms in total. The SMILES string of the molecule is CC(C)C(CCO)NS(=O)(=O)CCc1ccccc1. The number of aliphatic hydroxyl groups excluding tert-OH is 1. The lowest BCUT2D eigenvalue weighted by atomic mass is 10.0. The van der Waals surface area contributed by atoms with Gasteiger partial charge in [-0.3, -0.25) is 0 Å². The number of hydrogen-bond acceptors (Lipinski definition) is 3. The summed E-state index contributed by atoms with van der Waals surface area (Å²) >= 11 is 0. The van der Waals surface area contributed by atoms with Crippen LogP contribution in [0.2, 0.25) is 0 Å². The standard InChI is InChI=1S/C14H23NO3S/c1-12(2)14(8-10-16)15-19(17,18)11-9-13-6-4-3-5-7-13/h3-7,12,14-16H,8-11H2,1-2H3. The largest absolute Gasteiger partial charge is 0.396 e. The molecular weight excluding hydrogens is 262 g/mol. The summed E-state index contributed by atoms with van der Waals surface area (Å²) in [7, 11) is -3.31. The van der Waals surface area contributed by atoms with Crippen LogP contribution in [-0.2, 0) is 16.4 Å². The summed E-state index contributed by atoms with van der Waals surface area (Å²) in [6.07, 6.45) is 0.947. The van der Waals surface area contributed by atoms with E-state index in [2.05, 4.69) is 4.72 Å². The fourth-order valence-corrected chi connectivity index (χ4v) is 3.33. The maximum absolute atomic E-state index is 12.0. The molecule has 0 saturated carbocycles. The van der Waals surface area contributed by atoms with E-state index in [0.717, 1.165) is 5.56 Å². The maximum atomic E-state index is 12.0. The molecule has 0 bridgehead atoms. The zero-order valence-corrected chi connectivity index (χ0v) is 12.4. The summed E-state index contributed by atoms with van der Waals surface area (Å²) in [4.78, 5) is 0. The van der Waals surface area contributed by atoms with E-state index in [9.17, 15) is 8.42 Å². The first-order valence-electron chi connectivity index (χ1n) is 6.59. The maximum Gasteiger partial charge on any atom is 0.212 e. The second-order valence-electron chi connectivity index (χ2n) is 5.04. The van der Waals surface area contributed by atoms with Crippen LogP contribution in [0.25, 0.3) is 0 Å². The van der Waals surface area contributed by atoms with Crippen LogP contribution >= 0.6 is 0 Å². The van der Waals surface area contributed by atoms with Crippen LogP contribution in [0, 0.1) is 5.92 Å². The van der Waals surface area contributed by atoms with Gasteiger partial charge in [-0.05, 0) is 24.3 Å². The van der Waals surface area contributed by atoms with Gasteiger partial charge in [-0.2, -0.15) is 0 Å². The van der Waals surface area contributed by atoms with Crippen molar-refractivity contribution < 1.29 is 13.5 Å². The number of aliphatic hydroxyl groups is 1. The monoisotopic (exact) mass is 285 g/mol. The Bertz CT molecular complexity index is 457. The molecule has 0 aliphatic carbocycles. The first-order chi connectivity index (χ1) is 8.94. The Morgan fingerprint density at radius 2 is 1.84 bits per heavy atom. The highest BCUT2D eigenvalue weighted by Gasteiger charge is 2.20. The second-order valence-corrected chi connectivity index (χ2v) is 6.91. The molecular formula is C14H23NO3S. The van der Waals surface area contributed by atoms with E-state index in [1.807, 2.05) is 44.2 Å². The summed E-state index contributed by atoms with van der Waals surface area (Å²) in [5, 5.41) is 8.96. The molecule has 5 heteroatoms. The zero-order valence-electron chi connectivity index (χ0n) is 11.5. The van der Waals surface area contributed by atoms with Gasteiger partial charge in [-0.25, -0.2) is 13.1 Å². The normalized spacial score (nSPS) is 13.7. The van der Waals surface area contributed by atoms with Crippen molar-refractivity contribution in [2.45, 2.75) is 32.7 Å². The van der Waals surface area contributed by atoms with E-state index in [4.69, 9.17) is 5.11 Å². The molecule has 0 aliphatic heterocycles. The quantitative estimate of drug-likeness (QED) is 0.761. The Kier molecular flexibility index (Phi) is 6.48. The molecule has 2 N–H and O–H groups in total. The summed E-state index contributed by atoms with van der Waals surface area (Å²) in [6, 6.07) is 9.35. The number of hydrogen-bond donors (Lipinski definition) is 2. The number of rotatable bonds is 8. The van der Waals surface area contributed by atoms with Gasteiger partial charge in [0.15, 0.2) is 0 Å². The van der Waals surface area contributed by atoms with Crippen LogP contribution in [0.5, 0.6) is 0 Å². The second kappa shape index (κ2) is 7.62. The van der Waals surface area contributed by atoms with E-state index in [-0.39, 0.29) is 24.3 Å². The first kappa shape index (κ1) is 16.1. The van der Waals surface area contributed by atoms with Gasteiger partial charge in [0.25, 0.3) is 0 Å². The Morgan fingerprint density at radius 1 is 1.21 bits per heavy atom. The number of sulfonamides is 1. The van der Waals surface area contributed by atoms with Gasteiger partial charge >= 0.3 is 0 Å². The number of nitrogens with one attached hydrogen (secondary N) is 1. The van der Waals surface area contributed by atoms with Gasteiger partial charge < -0.3 is 5.11 Å². The van der Waals surface area contributed by atoms with Gasteiger partial charge in [-0.15, -0.1) is 0 Å². The summed E-state index contributed by atoms with van der Waals surface area (Å²) in [5.74, 6) is 0.240. The van der Waals surface area contributed by atoms with Crippen molar-refractivity contribution in [1.29, 1.82) is 0 Å². The molecule has 0 aromatic heterocycles. The molecule has 0 amide bonds. The lowest BCUT2D eigenvalue weighted by molar-refractivity contribution is 0.256. The lowest BCUT2D eigenvalue weighted by Crippen LogP contribution is -2.40. The predicted octanol–water partition coefficient (Wildman–Crippen LogP) is 1.56. The van der Waals surface area contributed by atoms with Crippen molar-refractivity contribution in [3.8, 4) is 0 Å². The van der Waals surface area contributed by atoms with Crippen molar-refractivity contribution in [1.82, 2.24) is 4.72 Å². The van der Waals surface area contributed by atoms with E-state index in [1.54, 1.807) is 0 Å². The number of aryl methyl sites for hydroxylation is 1. The van der Waals surface area contributed by atoms with Gasteiger partial charge in [0, 0.05) is 12.6 Å². The van der Waals surface area contributed by atoms with Crippen molar-refractivity contribution in [3.63, 3.8) is 0 Å². The van der Waals surface area contributed by atoms with Gasteiger partial charge in [0.2, 0.25) is 10.0 Å². The third kappa shape index (κ3) is 6.18. The molecule has 1 rings (SSSR count). The minimum atomic E-state index is -3.31. The topological polar surface area (TPSA) is 66.4 Å². The summed E-state index contributed by atoms with van der Waals surface area (Å²) in [6.45, 7) is 3.88. The highest BCUT2D eigenvalue weighted by atomic mass is 32.2. The van der Waals surface area contributed by atoms with Gasteiger partial charge in [0.1, 0.15) is 0 Å². The average molecular weight is 285 g/mol. The molecule has 0 spiro atoms. The minimum absolute atomic E-state index is 0.00987. The first-order valence-corrected chi connectivity index (χ1v) is 8.24. The fourth-order valence-electron chi connectivity index (χ4n) is 1.85. The molecule has 0 aliphatic rings. The smallest absolute Gasteiger partial charge is 0.212 e. The molecule has 0 radical (unpaired) electrons. The van der Waals surface area contributed by atoms with Crippen LogP contribution in [0.3, 0.4) is 0 Å². The Balaban J connectivity index is 2.56. The molecule has 0 fully saturated rings. The molecule has 1 atom stereocenters. The minimum Gasteiger partial charge on any atom is -0.396 e. The number of benzene rings is 1. The molecule has 0 heterocycles. The molecule has 108 valence electrons. The molecule has 19 heavy (non-hydrogen) atoms. The van der Waals surface area contributed by atoms with E-state index in [0.29, 0.717) is 12.8 Å². The lowest BCUT2D eigenvalue weighted by Gasteiger charge is -2.21. The molecule has 0 saturated heterocycles. The van der Waals surface area contributed by atoms with Gasteiger partial charge in [0.05, 0.1) is 5.75 Å². The Labute approximate surface area is 115 Å². The molecule has 1 aromatic carbocycles. The van der Waals surface area contributed by atoms with Crippen LogP contribution in [0.1, 0.15) is 25.8 Å². The predicted molar refractivity (Wildman–Crippen MR) is 77.4 cm³/mol. The Morgan fingerprint density at radius 3 is 2.37 bits per heavy atom. The van der Waals surface area contributed by atoms with E-state index >= 15 is 0 Å². The van der Waals surface area contributed by atoms with E-state index in [1.165, 1.54) is 0 Å². The summed E-state index contributed by atoms with van der Waals surface area (Å²) < 4.78 is 26.7. The third-order valence-corrected chi connectivity index (χ3v) is 4.48.